The van der Waals surface area contributed by atoms with Crippen LogP contribution in [0.25, 0.3) is 26.1 Å². The molecule has 0 aliphatic heterocycles. The molecule has 0 saturated carbocycles. The molecule has 0 spiro atoms. The molecule has 9 heteroatoms. The fourth-order valence-electron chi connectivity index (χ4n) is 2.98. The summed E-state index contributed by atoms with van der Waals surface area (Å²) in [5, 5.41) is 0.884. The van der Waals surface area contributed by atoms with Gasteiger partial charge in [0.15, 0.2) is 0 Å². The molecule has 6 nitrogen and oxygen atoms in total. The van der Waals surface area contributed by atoms with Gasteiger partial charge in [0.05, 0.1) is 32.8 Å². The number of hydrogen-bond donors (Lipinski definition) is 0. The van der Waals surface area contributed by atoms with E-state index in [0.717, 1.165) is 24.8 Å². The maximum Gasteiger partial charge on any atom is 0.275 e. The quantitative estimate of drug-likeness (QED) is 0.404. The van der Waals surface area contributed by atoms with Gasteiger partial charge >= 0.3 is 0 Å². The van der Waals surface area contributed by atoms with Gasteiger partial charge in [-0.3, -0.25) is 9.36 Å². The molecule has 0 N–H and O–H groups in total. The summed E-state index contributed by atoms with van der Waals surface area (Å²) in [4.78, 5) is 25.0. The van der Waals surface area contributed by atoms with Crippen molar-refractivity contribution in [1.29, 1.82) is 0 Å². The first-order valence-corrected chi connectivity index (χ1v) is 10.3. The Balaban J connectivity index is 2.01. The summed E-state index contributed by atoms with van der Waals surface area (Å²) < 4.78 is 9.00. The largest absolute Gasteiger partial charge is 0.496 e. The summed E-state index contributed by atoms with van der Waals surface area (Å²) in [7, 11) is 5.52. The molecule has 3 aromatic heterocycles. The highest BCUT2D eigenvalue weighted by Crippen LogP contribution is 2.39. The van der Waals surface area contributed by atoms with Crippen LogP contribution in [0.15, 0.2) is 44.5 Å². The van der Waals surface area contributed by atoms with Gasteiger partial charge in [-0.05, 0) is 50.1 Å². The van der Waals surface area contributed by atoms with E-state index in [2.05, 4.69) is 41.8 Å². The first kappa shape index (κ1) is 18.4. The van der Waals surface area contributed by atoms with Crippen LogP contribution in [-0.4, -0.2) is 35.7 Å². The van der Waals surface area contributed by atoms with E-state index in [-0.39, 0.29) is 5.56 Å². The average molecular weight is 510 g/mol. The van der Waals surface area contributed by atoms with E-state index in [1.165, 1.54) is 15.9 Å². The van der Waals surface area contributed by atoms with E-state index in [9.17, 15) is 4.79 Å². The molecule has 0 fully saturated rings. The average Bonchev–Trinajstić information content (AvgIpc) is 3.01. The Morgan fingerprint density at radius 1 is 1.19 bits per heavy atom. The third kappa shape index (κ3) is 2.94. The minimum absolute atomic E-state index is 0.124. The van der Waals surface area contributed by atoms with Gasteiger partial charge in [-0.2, -0.15) is 0 Å². The van der Waals surface area contributed by atoms with Gasteiger partial charge < -0.3 is 9.64 Å². The Bertz CT molecular complexity index is 1250. The maximum absolute atomic E-state index is 13.2. The summed E-state index contributed by atoms with van der Waals surface area (Å²) in [6.45, 7) is 0. The third-order valence-electron chi connectivity index (χ3n) is 4.20. The highest BCUT2D eigenvalue weighted by Gasteiger charge is 2.19. The van der Waals surface area contributed by atoms with E-state index in [1.54, 1.807) is 19.6 Å². The molecule has 0 amide bonds. The van der Waals surface area contributed by atoms with Crippen molar-refractivity contribution in [3.05, 3.63) is 50.0 Å². The summed E-state index contributed by atoms with van der Waals surface area (Å²) in [6, 6.07) is 5.47. The minimum atomic E-state index is -0.124. The Morgan fingerprint density at radius 2 is 1.96 bits per heavy atom. The number of fused-ring (bicyclic) bond motifs is 3. The second-order valence-electron chi connectivity index (χ2n) is 6.05. The van der Waals surface area contributed by atoms with E-state index in [1.807, 2.05) is 37.2 Å². The molecule has 0 aliphatic rings. The number of anilines is 1. The lowest BCUT2D eigenvalue weighted by Crippen LogP contribution is -2.18. The zero-order valence-corrected chi connectivity index (χ0v) is 18.6. The molecule has 4 aromatic rings. The molecule has 4 rings (SSSR count). The number of halogens is 2. The summed E-state index contributed by atoms with van der Waals surface area (Å²) in [5.74, 6) is 0.701. The summed E-state index contributed by atoms with van der Waals surface area (Å²) in [6.07, 6.45) is 3.32. The Morgan fingerprint density at radius 3 is 2.63 bits per heavy atom. The number of rotatable bonds is 3. The molecular formula is C18H14Br2N4O2S. The number of methoxy groups -OCH3 is 1. The summed E-state index contributed by atoms with van der Waals surface area (Å²) >= 11 is 8.37. The number of hydrogen-bond acceptors (Lipinski definition) is 6. The fraction of sp³-hybridized carbons (Fsp3) is 0.167. The zero-order valence-electron chi connectivity index (χ0n) is 14.7. The van der Waals surface area contributed by atoms with Gasteiger partial charge in [-0.1, -0.05) is 0 Å². The standard InChI is InChI=1S/C18H14Br2N4O2S/c1-23(2)15-11(20)7-21-17-13(15)14-16(27-17)18(25)24(8-22-14)9-4-5-12(26-3)10(19)6-9/h4-8H,1-3H3. The number of aromatic nitrogens is 3. The third-order valence-corrected chi connectivity index (χ3v) is 6.47. The smallest absolute Gasteiger partial charge is 0.275 e. The molecule has 27 heavy (non-hydrogen) atoms. The molecule has 138 valence electrons. The first-order valence-electron chi connectivity index (χ1n) is 7.92. The highest BCUT2D eigenvalue weighted by molar-refractivity contribution is 9.11. The highest BCUT2D eigenvalue weighted by atomic mass is 79.9. The van der Waals surface area contributed by atoms with E-state index >= 15 is 0 Å². The van der Waals surface area contributed by atoms with E-state index < -0.39 is 0 Å². The second kappa shape index (κ2) is 6.88. The van der Waals surface area contributed by atoms with Crippen LogP contribution >= 0.6 is 43.2 Å². The van der Waals surface area contributed by atoms with Gasteiger partial charge in [0, 0.05) is 20.3 Å². The lowest BCUT2D eigenvalue weighted by molar-refractivity contribution is 0.412. The predicted octanol–water partition coefficient (Wildman–Crippen LogP) is 4.60. The summed E-state index contributed by atoms with van der Waals surface area (Å²) in [5.41, 5.74) is 2.21. The molecular weight excluding hydrogens is 496 g/mol. The number of thiophene rings is 1. The van der Waals surface area contributed by atoms with Crippen molar-refractivity contribution >= 4 is 69.3 Å². The number of benzene rings is 1. The van der Waals surface area contributed by atoms with E-state index in [4.69, 9.17) is 4.74 Å². The van der Waals surface area contributed by atoms with Crippen LogP contribution in [0.3, 0.4) is 0 Å². The molecule has 0 bridgehead atoms. The van der Waals surface area contributed by atoms with Crippen LogP contribution in [0.2, 0.25) is 0 Å². The van der Waals surface area contributed by atoms with Gasteiger partial charge in [0.2, 0.25) is 0 Å². The minimum Gasteiger partial charge on any atom is -0.496 e. The monoisotopic (exact) mass is 508 g/mol. The lowest BCUT2D eigenvalue weighted by Gasteiger charge is -2.15. The van der Waals surface area contributed by atoms with Crippen molar-refractivity contribution in [2.45, 2.75) is 0 Å². The maximum atomic E-state index is 13.2. The van der Waals surface area contributed by atoms with Crippen molar-refractivity contribution in [3.8, 4) is 11.4 Å². The van der Waals surface area contributed by atoms with Crippen LogP contribution in [0, 0.1) is 0 Å². The fourth-order valence-corrected chi connectivity index (χ4v) is 5.20. The molecule has 0 unspecified atom stereocenters. The molecule has 0 radical (unpaired) electrons. The van der Waals surface area contributed by atoms with E-state index in [0.29, 0.717) is 21.7 Å². The van der Waals surface area contributed by atoms with Crippen LogP contribution in [0.1, 0.15) is 0 Å². The van der Waals surface area contributed by atoms with Crippen LogP contribution < -0.4 is 15.2 Å². The van der Waals surface area contributed by atoms with Gasteiger partial charge in [0.1, 0.15) is 27.1 Å². The number of nitrogens with zero attached hydrogens (tertiary/aromatic N) is 4. The van der Waals surface area contributed by atoms with Crippen LogP contribution in [-0.2, 0) is 0 Å². The lowest BCUT2D eigenvalue weighted by atomic mass is 10.2. The van der Waals surface area contributed by atoms with Gasteiger partial charge in [-0.15, -0.1) is 11.3 Å². The predicted molar refractivity (Wildman–Crippen MR) is 117 cm³/mol. The van der Waals surface area contributed by atoms with Crippen LogP contribution in [0.4, 0.5) is 5.69 Å². The zero-order chi connectivity index (χ0) is 19.3. The number of pyridine rings is 1. The van der Waals surface area contributed by atoms with Crippen molar-refractivity contribution in [3.63, 3.8) is 0 Å². The molecule has 0 aliphatic carbocycles. The first-order chi connectivity index (χ1) is 12.9. The van der Waals surface area contributed by atoms with Crippen molar-refractivity contribution in [2.24, 2.45) is 0 Å². The van der Waals surface area contributed by atoms with Crippen molar-refractivity contribution < 1.29 is 4.74 Å². The molecule has 0 atom stereocenters. The molecule has 1 aromatic carbocycles. The number of ether oxygens (including phenoxy) is 1. The second-order valence-corrected chi connectivity index (χ2v) is 8.76. The van der Waals surface area contributed by atoms with Crippen LogP contribution in [0.5, 0.6) is 5.75 Å². The topological polar surface area (TPSA) is 60.2 Å². The Kier molecular flexibility index (Phi) is 4.69. The Labute approximate surface area is 175 Å². The van der Waals surface area contributed by atoms with Crippen molar-refractivity contribution in [1.82, 2.24) is 14.5 Å². The SMILES string of the molecule is COc1ccc(-n2cnc3c(sc4ncc(Br)c(N(C)C)c43)c2=O)cc1Br. The van der Waals surface area contributed by atoms with Crippen molar-refractivity contribution in [2.75, 3.05) is 26.1 Å². The van der Waals surface area contributed by atoms with Gasteiger partial charge in [0.25, 0.3) is 5.56 Å². The molecule has 0 saturated heterocycles. The molecule has 3 heterocycles. The van der Waals surface area contributed by atoms with Gasteiger partial charge in [-0.25, -0.2) is 9.97 Å². The Hall–Kier alpha value is -1.97. The normalized spacial score (nSPS) is 11.3.